The Morgan fingerprint density at radius 3 is 2.28 bits per heavy atom. The molecular formula is C25H16F3N7O. The average molecular weight is 487 g/mol. The lowest BCUT2D eigenvalue weighted by molar-refractivity contribution is -0.142. The Morgan fingerprint density at radius 2 is 1.58 bits per heavy atom. The Kier molecular flexibility index (Phi) is 5.95. The normalized spacial score (nSPS) is 11.3. The minimum Gasteiger partial charge on any atom is -0.305 e. The van der Waals surface area contributed by atoms with Crippen LogP contribution in [0.5, 0.6) is 0 Å². The molecule has 11 heteroatoms. The largest absolute Gasteiger partial charge is 0.433 e. The maximum atomic E-state index is 13.7. The van der Waals surface area contributed by atoms with Gasteiger partial charge in [0.2, 0.25) is 0 Å². The molecule has 5 aromatic rings. The number of nitrogens with one attached hydrogen (secondary N) is 1. The van der Waals surface area contributed by atoms with Crippen molar-refractivity contribution in [2.24, 2.45) is 0 Å². The second-order valence-corrected chi connectivity index (χ2v) is 7.63. The summed E-state index contributed by atoms with van der Waals surface area (Å²) in [7, 11) is 0. The first-order chi connectivity index (χ1) is 17.4. The van der Waals surface area contributed by atoms with E-state index in [0.717, 1.165) is 17.2 Å². The Bertz CT molecular complexity index is 1500. The number of halogens is 3. The lowest BCUT2D eigenvalue weighted by Crippen LogP contribution is -2.16. The first kappa shape index (κ1) is 22.8. The van der Waals surface area contributed by atoms with Crippen LogP contribution in [0.15, 0.2) is 91.5 Å². The van der Waals surface area contributed by atoms with Gasteiger partial charge in [-0.25, -0.2) is 4.68 Å². The zero-order chi connectivity index (χ0) is 25.1. The first-order valence-electron chi connectivity index (χ1n) is 10.6. The molecule has 0 fully saturated rings. The molecule has 1 amide bonds. The van der Waals surface area contributed by atoms with Crippen LogP contribution in [-0.2, 0) is 6.18 Å². The van der Waals surface area contributed by atoms with Gasteiger partial charge in [0.1, 0.15) is 0 Å². The summed E-state index contributed by atoms with van der Waals surface area (Å²) in [5.74, 6) is -0.596. The molecule has 0 atom stereocenters. The molecule has 36 heavy (non-hydrogen) atoms. The summed E-state index contributed by atoms with van der Waals surface area (Å²) in [5.41, 5.74) is 1.43. The third-order valence-corrected chi connectivity index (χ3v) is 5.17. The van der Waals surface area contributed by atoms with E-state index in [2.05, 4.69) is 30.6 Å². The molecule has 0 unspecified atom stereocenters. The number of anilines is 1. The highest BCUT2D eigenvalue weighted by atomic mass is 19.4. The van der Waals surface area contributed by atoms with Crippen LogP contribution in [-0.4, -0.2) is 35.9 Å². The molecule has 0 aliphatic heterocycles. The summed E-state index contributed by atoms with van der Waals surface area (Å²) in [6.07, 6.45) is 1.29. The Hall–Kier alpha value is -4.93. The number of rotatable bonds is 5. The van der Waals surface area contributed by atoms with Crippen molar-refractivity contribution < 1.29 is 18.0 Å². The highest BCUT2D eigenvalue weighted by Crippen LogP contribution is 2.33. The van der Waals surface area contributed by atoms with E-state index in [1.165, 1.54) is 30.7 Å². The predicted molar refractivity (Wildman–Crippen MR) is 125 cm³/mol. The van der Waals surface area contributed by atoms with Crippen LogP contribution in [0.1, 0.15) is 16.1 Å². The van der Waals surface area contributed by atoms with Gasteiger partial charge in [-0.3, -0.25) is 14.8 Å². The molecule has 0 bridgehead atoms. The van der Waals surface area contributed by atoms with Gasteiger partial charge in [0.05, 0.1) is 11.3 Å². The van der Waals surface area contributed by atoms with Gasteiger partial charge in [-0.1, -0.05) is 30.3 Å². The van der Waals surface area contributed by atoms with E-state index in [1.54, 1.807) is 24.4 Å². The van der Waals surface area contributed by atoms with Gasteiger partial charge in [-0.05, 0) is 42.0 Å². The van der Waals surface area contributed by atoms with Crippen LogP contribution < -0.4 is 5.32 Å². The third-order valence-electron chi connectivity index (χ3n) is 5.17. The van der Waals surface area contributed by atoms with E-state index in [9.17, 15) is 18.0 Å². The molecule has 1 aromatic carbocycles. The van der Waals surface area contributed by atoms with Crippen molar-refractivity contribution in [3.63, 3.8) is 0 Å². The van der Waals surface area contributed by atoms with Crippen molar-refractivity contribution in [1.82, 2.24) is 29.9 Å². The predicted octanol–water partition coefficient (Wildman–Crippen LogP) is 5.06. The second kappa shape index (κ2) is 9.37. The second-order valence-electron chi connectivity index (χ2n) is 7.63. The minimum atomic E-state index is -4.68. The molecule has 4 aromatic heterocycles. The van der Waals surface area contributed by atoms with Gasteiger partial charge in [0.25, 0.3) is 5.91 Å². The molecule has 0 spiro atoms. The number of benzene rings is 1. The van der Waals surface area contributed by atoms with Crippen molar-refractivity contribution in [2.75, 3.05) is 5.32 Å². The third kappa shape index (κ3) is 4.80. The molecule has 1 N–H and O–H groups in total. The molecule has 0 aliphatic carbocycles. The van der Waals surface area contributed by atoms with E-state index in [4.69, 9.17) is 0 Å². The van der Waals surface area contributed by atoms with E-state index in [0.29, 0.717) is 10.2 Å². The highest BCUT2D eigenvalue weighted by molar-refractivity contribution is 6.04. The number of carbonyl (C=O) groups is 1. The van der Waals surface area contributed by atoms with Crippen LogP contribution >= 0.6 is 0 Å². The molecule has 0 aliphatic rings. The SMILES string of the molecule is O=C(Nc1ccc(-n2nc(-c3cccnc3)cc2C(F)(F)F)nn1)c1cncc(-c2ccccc2)c1. The van der Waals surface area contributed by atoms with Crippen molar-refractivity contribution in [3.05, 3.63) is 103 Å². The molecule has 0 radical (unpaired) electrons. The number of aromatic nitrogens is 6. The van der Waals surface area contributed by atoms with Gasteiger partial charge >= 0.3 is 6.18 Å². The van der Waals surface area contributed by atoms with E-state index in [-0.39, 0.29) is 22.9 Å². The zero-order valence-corrected chi connectivity index (χ0v) is 18.4. The fraction of sp³-hybridized carbons (Fsp3) is 0.0400. The quantitative estimate of drug-likeness (QED) is 0.372. The zero-order valence-electron chi connectivity index (χ0n) is 18.4. The monoisotopic (exact) mass is 487 g/mol. The Morgan fingerprint density at radius 1 is 0.806 bits per heavy atom. The van der Waals surface area contributed by atoms with Crippen molar-refractivity contribution in [1.29, 1.82) is 0 Å². The highest BCUT2D eigenvalue weighted by Gasteiger charge is 2.37. The molecule has 8 nitrogen and oxygen atoms in total. The van der Waals surface area contributed by atoms with Crippen LogP contribution in [0.2, 0.25) is 0 Å². The molecular weight excluding hydrogens is 471 g/mol. The van der Waals surface area contributed by atoms with Crippen LogP contribution in [0.4, 0.5) is 19.0 Å². The lowest BCUT2D eigenvalue weighted by Gasteiger charge is -2.09. The molecule has 4 heterocycles. The smallest absolute Gasteiger partial charge is 0.305 e. The number of amides is 1. The van der Waals surface area contributed by atoms with Crippen LogP contribution in [0.25, 0.3) is 28.2 Å². The lowest BCUT2D eigenvalue weighted by atomic mass is 10.1. The Labute approximate surface area is 202 Å². The number of pyridine rings is 2. The molecule has 0 saturated carbocycles. The van der Waals surface area contributed by atoms with Crippen LogP contribution in [0, 0.1) is 0 Å². The fourth-order valence-electron chi connectivity index (χ4n) is 3.46. The average Bonchev–Trinajstić information content (AvgIpc) is 3.37. The molecule has 178 valence electrons. The van der Waals surface area contributed by atoms with E-state index < -0.39 is 17.8 Å². The van der Waals surface area contributed by atoms with Crippen molar-refractivity contribution in [2.45, 2.75) is 6.18 Å². The van der Waals surface area contributed by atoms with Gasteiger partial charge < -0.3 is 5.32 Å². The number of alkyl halides is 3. The maximum absolute atomic E-state index is 13.7. The van der Waals surface area contributed by atoms with E-state index in [1.807, 2.05) is 30.3 Å². The maximum Gasteiger partial charge on any atom is 0.433 e. The topological polar surface area (TPSA) is 98.5 Å². The molecule has 5 rings (SSSR count). The van der Waals surface area contributed by atoms with Gasteiger partial charge in [0.15, 0.2) is 17.3 Å². The first-order valence-corrected chi connectivity index (χ1v) is 10.6. The van der Waals surface area contributed by atoms with Gasteiger partial charge in [-0.2, -0.15) is 18.3 Å². The van der Waals surface area contributed by atoms with E-state index >= 15 is 0 Å². The standard InChI is InChI=1S/C25H16F3N7O/c26-25(27,28)21-12-20(17-7-4-10-29-13-17)34-35(21)23-9-8-22(32-33-23)31-24(36)19-11-18(14-30-15-19)16-5-2-1-3-6-16/h1-15H,(H,31,32,36). The summed E-state index contributed by atoms with van der Waals surface area (Å²) < 4.78 is 41.7. The summed E-state index contributed by atoms with van der Waals surface area (Å²) in [4.78, 5) is 20.7. The molecule has 0 saturated heterocycles. The van der Waals surface area contributed by atoms with Crippen LogP contribution in [0.3, 0.4) is 0 Å². The Balaban J connectivity index is 1.39. The number of hydrogen-bond donors (Lipinski definition) is 1. The minimum absolute atomic E-state index is 0.0575. The van der Waals surface area contributed by atoms with Gasteiger partial charge in [0, 0.05) is 35.9 Å². The number of carbonyl (C=O) groups excluding carboxylic acids is 1. The number of hydrogen-bond acceptors (Lipinski definition) is 6. The number of nitrogens with zero attached hydrogens (tertiary/aromatic N) is 6. The fourth-order valence-corrected chi connectivity index (χ4v) is 3.46. The summed E-state index contributed by atoms with van der Waals surface area (Å²) in [6, 6.07) is 17.9. The summed E-state index contributed by atoms with van der Waals surface area (Å²) in [6.45, 7) is 0. The summed E-state index contributed by atoms with van der Waals surface area (Å²) >= 11 is 0. The van der Waals surface area contributed by atoms with Crippen molar-refractivity contribution >= 4 is 11.7 Å². The van der Waals surface area contributed by atoms with Crippen molar-refractivity contribution in [3.8, 4) is 28.2 Å². The summed E-state index contributed by atoms with van der Waals surface area (Å²) in [5, 5.41) is 14.3. The van der Waals surface area contributed by atoms with Gasteiger partial charge in [-0.15, -0.1) is 10.2 Å².